The van der Waals surface area contributed by atoms with Crippen LogP contribution < -0.4 is 0 Å². The number of aliphatic hydroxyl groups excluding tert-OH is 1. The van der Waals surface area contributed by atoms with Crippen LogP contribution in [0.3, 0.4) is 0 Å². The minimum absolute atomic E-state index is 0.0973. The Hall–Kier alpha value is -2.18. The fourth-order valence-electron chi connectivity index (χ4n) is 3.52. The second kappa shape index (κ2) is 6.37. The highest BCUT2D eigenvalue weighted by Gasteiger charge is 2.27. The number of aliphatic hydroxyl groups is 1. The van der Waals surface area contributed by atoms with E-state index in [1.165, 1.54) is 11.1 Å². The zero-order valence-electron chi connectivity index (χ0n) is 13.5. The van der Waals surface area contributed by atoms with Gasteiger partial charge in [-0.15, -0.1) is 0 Å². The largest absolute Gasteiger partial charge is 0.392 e. The first kappa shape index (κ1) is 15.4. The number of fused-ring (bicyclic) bond motifs is 1. The first-order valence-corrected chi connectivity index (χ1v) is 8.41. The molecule has 3 heterocycles. The SMILES string of the molecule is O=C(c1cc(CN2CCCC(O)C2)on1)N1Cc2ccccc2C1. The molecule has 1 amide bonds. The van der Waals surface area contributed by atoms with Crippen LogP contribution in [0.4, 0.5) is 0 Å². The Kier molecular flexibility index (Phi) is 4.08. The maximum Gasteiger partial charge on any atom is 0.276 e. The quantitative estimate of drug-likeness (QED) is 0.931. The van der Waals surface area contributed by atoms with Gasteiger partial charge in [-0.05, 0) is 30.5 Å². The molecule has 1 aromatic heterocycles. The smallest absolute Gasteiger partial charge is 0.276 e. The molecule has 126 valence electrons. The van der Waals surface area contributed by atoms with Gasteiger partial charge in [0, 0.05) is 25.7 Å². The molecule has 24 heavy (non-hydrogen) atoms. The summed E-state index contributed by atoms with van der Waals surface area (Å²) in [5, 5.41) is 13.7. The molecule has 2 aliphatic rings. The third-order valence-corrected chi connectivity index (χ3v) is 4.77. The lowest BCUT2D eigenvalue weighted by Crippen LogP contribution is -2.37. The molecule has 6 nitrogen and oxygen atoms in total. The van der Waals surface area contributed by atoms with Crippen LogP contribution in [0.1, 0.15) is 40.2 Å². The molecule has 0 radical (unpaired) electrons. The molecule has 1 N–H and O–H groups in total. The summed E-state index contributed by atoms with van der Waals surface area (Å²) in [6, 6.07) is 9.82. The number of β-amino-alcohol motifs (C(OH)–C–C–N with tert-alkyl or cyclic N) is 1. The molecule has 2 aromatic rings. The van der Waals surface area contributed by atoms with Crippen molar-refractivity contribution in [2.75, 3.05) is 13.1 Å². The van der Waals surface area contributed by atoms with Gasteiger partial charge in [-0.25, -0.2) is 0 Å². The summed E-state index contributed by atoms with van der Waals surface area (Å²) < 4.78 is 5.34. The standard InChI is InChI=1S/C18H21N3O3/c22-15-6-3-7-20(11-15)12-16-8-17(19-24-16)18(23)21-9-13-4-1-2-5-14(13)10-21/h1-2,4-5,8,15,22H,3,6-7,9-12H2. The molecule has 0 bridgehead atoms. The highest BCUT2D eigenvalue weighted by molar-refractivity contribution is 5.92. The van der Waals surface area contributed by atoms with Crippen LogP contribution in [0.15, 0.2) is 34.9 Å². The molecule has 1 atom stereocenters. The van der Waals surface area contributed by atoms with Gasteiger partial charge in [-0.1, -0.05) is 29.4 Å². The molecular weight excluding hydrogens is 306 g/mol. The topological polar surface area (TPSA) is 69.8 Å². The van der Waals surface area contributed by atoms with E-state index in [4.69, 9.17) is 4.52 Å². The van der Waals surface area contributed by atoms with E-state index in [2.05, 4.69) is 22.2 Å². The van der Waals surface area contributed by atoms with E-state index in [1.54, 1.807) is 11.0 Å². The van der Waals surface area contributed by atoms with Crippen molar-refractivity contribution in [1.29, 1.82) is 0 Å². The second-order valence-electron chi connectivity index (χ2n) is 6.64. The maximum atomic E-state index is 12.6. The van der Waals surface area contributed by atoms with E-state index in [0.29, 0.717) is 37.6 Å². The second-order valence-corrected chi connectivity index (χ2v) is 6.64. The van der Waals surface area contributed by atoms with Crippen molar-refractivity contribution in [3.63, 3.8) is 0 Å². The minimum Gasteiger partial charge on any atom is -0.392 e. The first-order valence-electron chi connectivity index (χ1n) is 8.41. The van der Waals surface area contributed by atoms with Crippen molar-refractivity contribution in [2.45, 2.75) is 38.6 Å². The van der Waals surface area contributed by atoms with Crippen LogP contribution in [0, 0.1) is 0 Å². The third kappa shape index (κ3) is 3.07. The molecule has 1 fully saturated rings. The molecular formula is C18H21N3O3. The number of carbonyl (C=O) groups excluding carboxylic acids is 1. The summed E-state index contributed by atoms with van der Waals surface area (Å²) in [6.07, 6.45) is 1.56. The number of hydrogen-bond acceptors (Lipinski definition) is 5. The predicted molar refractivity (Wildman–Crippen MR) is 87.0 cm³/mol. The van der Waals surface area contributed by atoms with Crippen molar-refractivity contribution in [3.05, 3.63) is 52.9 Å². The van der Waals surface area contributed by atoms with Gasteiger partial charge in [0.25, 0.3) is 5.91 Å². The van der Waals surface area contributed by atoms with E-state index in [9.17, 15) is 9.90 Å². The van der Waals surface area contributed by atoms with E-state index in [-0.39, 0.29) is 12.0 Å². The van der Waals surface area contributed by atoms with Gasteiger partial charge < -0.3 is 14.5 Å². The zero-order valence-corrected chi connectivity index (χ0v) is 13.5. The normalized spacial score (nSPS) is 21.0. The minimum atomic E-state index is -0.272. The van der Waals surface area contributed by atoms with Crippen molar-refractivity contribution in [1.82, 2.24) is 15.0 Å². The molecule has 0 saturated carbocycles. The Morgan fingerprint density at radius 1 is 1.29 bits per heavy atom. The number of nitrogens with zero attached hydrogens (tertiary/aromatic N) is 3. The van der Waals surface area contributed by atoms with Gasteiger partial charge in [0.15, 0.2) is 11.5 Å². The van der Waals surface area contributed by atoms with Crippen molar-refractivity contribution < 1.29 is 14.4 Å². The number of aromatic nitrogens is 1. The van der Waals surface area contributed by atoms with Gasteiger partial charge in [0.05, 0.1) is 12.6 Å². The Balaban J connectivity index is 1.41. The van der Waals surface area contributed by atoms with Crippen LogP contribution in [0.5, 0.6) is 0 Å². The van der Waals surface area contributed by atoms with E-state index < -0.39 is 0 Å². The average molecular weight is 327 g/mol. The summed E-state index contributed by atoms with van der Waals surface area (Å²) in [6.45, 7) is 3.40. The summed E-state index contributed by atoms with van der Waals surface area (Å²) >= 11 is 0. The van der Waals surface area contributed by atoms with Crippen molar-refractivity contribution >= 4 is 5.91 Å². The van der Waals surface area contributed by atoms with Crippen molar-refractivity contribution in [3.8, 4) is 0 Å². The number of amides is 1. The van der Waals surface area contributed by atoms with Crippen LogP contribution in [0.25, 0.3) is 0 Å². The van der Waals surface area contributed by atoms with E-state index in [1.807, 2.05) is 12.1 Å². The molecule has 1 unspecified atom stereocenters. The maximum absolute atomic E-state index is 12.6. The molecule has 1 aromatic carbocycles. The highest BCUT2D eigenvalue weighted by atomic mass is 16.5. The Labute approximate surface area is 140 Å². The molecule has 6 heteroatoms. The van der Waals surface area contributed by atoms with Crippen LogP contribution in [-0.2, 0) is 19.6 Å². The van der Waals surface area contributed by atoms with Gasteiger partial charge in [0.2, 0.25) is 0 Å². The third-order valence-electron chi connectivity index (χ3n) is 4.77. The van der Waals surface area contributed by atoms with E-state index in [0.717, 1.165) is 19.4 Å². The lowest BCUT2D eigenvalue weighted by molar-refractivity contribution is 0.0622. The van der Waals surface area contributed by atoms with Crippen LogP contribution >= 0.6 is 0 Å². The molecule has 0 aliphatic carbocycles. The summed E-state index contributed by atoms with van der Waals surface area (Å²) in [4.78, 5) is 16.5. The molecule has 1 saturated heterocycles. The number of benzene rings is 1. The van der Waals surface area contributed by atoms with Gasteiger partial charge >= 0.3 is 0 Å². The van der Waals surface area contributed by atoms with Crippen molar-refractivity contribution in [2.24, 2.45) is 0 Å². The lowest BCUT2D eigenvalue weighted by Gasteiger charge is -2.28. The average Bonchev–Trinajstić information content (AvgIpc) is 3.20. The fourth-order valence-corrected chi connectivity index (χ4v) is 3.52. The zero-order chi connectivity index (χ0) is 16.5. The molecule has 0 spiro atoms. The number of rotatable bonds is 3. The number of piperidine rings is 1. The first-order chi connectivity index (χ1) is 11.7. The van der Waals surface area contributed by atoms with Crippen LogP contribution in [0.2, 0.25) is 0 Å². The van der Waals surface area contributed by atoms with Gasteiger partial charge in [-0.3, -0.25) is 9.69 Å². The summed E-state index contributed by atoms with van der Waals surface area (Å²) in [5.74, 6) is 0.573. The monoisotopic (exact) mass is 327 g/mol. The lowest BCUT2D eigenvalue weighted by atomic mass is 10.1. The predicted octanol–water partition coefficient (Wildman–Crippen LogP) is 1.79. The fraction of sp³-hybridized carbons (Fsp3) is 0.444. The van der Waals surface area contributed by atoms with Gasteiger partial charge in [0.1, 0.15) is 0 Å². The number of likely N-dealkylation sites (tertiary alicyclic amines) is 1. The highest BCUT2D eigenvalue weighted by Crippen LogP contribution is 2.24. The Morgan fingerprint density at radius 2 is 2.04 bits per heavy atom. The summed E-state index contributed by atoms with van der Waals surface area (Å²) in [7, 11) is 0. The molecule has 4 rings (SSSR count). The number of carbonyl (C=O) groups is 1. The van der Waals surface area contributed by atoms with E-state index >= 15 is 0 Å². The molecule has 2 aliphatic heterocycles. The van der Waals surface area contributed by atoms with Gasteiger partial charge in [-0.2, -0.15) is 0 Å². The van der Waals surface area contributed by atoms with Crippen LogP contribution in [-0.4, -0.2) is 45.2 Å². The Bertz CT molecular complexity index is 718. The number of hydrogen-bond donors (Lipinski definition) is 1. The summed E-state index contributed by atoms with van der Waals surface area (Å²) in [5.41, 5.74) is 2.74. The Morgan fingerprint density at radius 3 is 2.75 bits per heavy atom.